The predicted octanol–water partition coefficient (Wildman–Crippen LogP) is 3.62. The van der Waals surface area contributed by atoms with Crippen LogP contribution in [0.2, 0.25) is 0 Å². The number of nitrogens with one attached hydrogen (secondary N) is 1. The molecular formula is C26H26FN3O3. The Labute approximate surface area is 192 Å². The average molecular weight is 448 g/mol. The average Bonchev–Trinajstić information content (AvgIpc) is 2.84. The third-order valence-corrected chi connectivity index (χ3v) is 5.65. The smallest absolute Gasteiger partial charge is 0.243 e. The van der Waals surface area contributed by atoms with Crippen LogP contribution in [0.25, 0.3) is 11.1 Å². The van der Waals surface area contributed by atoms with E-state index in [-0.39, 0.29) is 24.1 Å². The zero-order valence-corrected chi connectivity index (χ0v) is 18.2. The zero-order valence-electron chi connectivity index (χ0n) is 18.2. The van der Waals surface area contributed by atoms with Gasteiger partial charge >= 0.3 is 0 Å². The molecule has 4 rings (SSSR count). The first-order valence-corrected chi connectivity index (χ1v) is 11.0. The summed E-state index contributed by atoms with van der Waals surface area (Å²) in [4.78, 5) is 31.2. The number of hydrogen-bond acceptors (Lipinski definition) is 4. The molecule has 0 unspecified atom stereocenters. The minimum atomic E-state index is -0.540. The van der Waals surface area contributed by atoms with E-state index in [1.54, 1.807) is 29.4 Å². The molecule has 1 N–H and O–H groups in total. The lowest BCUT2D eigenvalue weighted by atomic mass is 9.99. The van der Waals surface area contributed by atoms with E-state index in [0.717, 1.165) is 16.7 Å². The van der Waals surface area contributed by atoms with Crippen molar-refractivity contribution in [1.29, 1.82) is 0 Å². The van der Waals surface area contributed by atoms with E-state index < -0.39 is 6.04 Å². The molecule has 1 saturated heterocycles. The second-order valence-corrected chi connectivity index (χ2v) is 7.94. The highest BCUT2D eigenvalue weighted by molar-refractivity contribution is 5.89. The number of carbonyl (C=O) groups is 2. The van der Waals surface area contributed by atoms with Crippen LogP contribution in [-0.4, -0.2) is 47.4 Å². The number of carbonyl (C=O) groups excluding carboxylic acids is 2. The van der Waals surface area contributed by atoms with Crippen molar-refractivity contribution in [3.63, 3.8) is 0 Å². The van der Waals surface area contributed by atoms with Gasteiger partial charge < -0.3 is 15.0 Å². The van der Waals surface area contributed by atoms with Crippen molar-refractivity contribution < 1.29 is 18.7 Å². The molecule has 0 bridgehead atoms. The molecule has 170 valence electrons. The number of rotatable bonds is 8. The van der Waals surface area contributed by atoms with Gasteiger partial charge in [0.1, 0.15) is 17.6 Å². The summed E-state index contributed by atoms with van der Waals surface area (Å²) in [6.07, 6.45) is 4.71. The lowest BCUT2D eigenvalue weighted by Gasteiger charge is -2.35. The number of piperazine rings is 1. The van der Waals surface area contributed by atoms with Crippen LogP contribution in [0.3, 0.4) is 0 Å². The SMILES string of the molecule is O=C1NCCN(C(=O)CCCOc2cccc(F)c2)[C@H]1Cc1ccc(-c2ccncc2)cc1. The highest BCUT2D eigenvalue weighted by Gasteiger charge is 2.32. The molecule has 2 aromatic carbocycles. The Balaban J connectivity index is 1.34. The van der Waals surface area contributed by atoms with E-state index in [1.165, 1.54) is 12.1 Å². The van der Waals surface area contributed by atoms with E-state index in [2.05, 4.69) is 10.3 Å². The first-order chi connectivity index (χ1) is 16.1. The monoisotopic (exact) mass is 447 g/mol. The van der Waals surface area contributed by atoms with Crippen LogP contribution in [0.5, 0.6) is 5.75 Å². The number of amides is 2. The molecule has 1 aliphatic rings. The standard InChI is InChI=1S/C26H26FN3O3/c27-22-3-1-4-23(18-22)33-16-2-5-25(31)30-15-14-29-26(32)24(30)17-19-6-8-20(9-7-19)21-10-12-28-13-11-21/h1,3-4,6-13,18,24H,2,5,14-17H2,(H,29,32)/t24-/m0/s1. The maximum Gasteiger partial charge on any atom is 0.243 e. The first-order valence-electron chi connectivity index (χ1n) is 11.0. The molecule has 0 saturated carbocycles. The second kappa shape index (κ2) is 10.7. The lowest BCUT2D eigenvalue weighted by Crippen LogP contribution is -2.58. The van der Waals surface area contributed by atoms with Gasteiger partial charge in [0.15, 0.2) is 0 Å². The number of halogens is 1. The van der Waals surface area contributed by atoms with Crippen molar-refractivity contribution >= 4 is 11.8 Å². The predicted molar refractivity (Wildman–Crippen MR) is 123 cm³/mol. The molecule has 2 amide bonds. The Morgan fingerprint density at radius 2 is 1.85 bits per heavy atom. The minimum absolute atomic E-state index is 0.0777. The third kappa shape index (κ3) is 5.94. The van der Waals surface area contributed by atoms with Crippen molar-refractivity contribution in [2.75, 3.05) is 19.7 Å². The van der Waals surface area contributed by atoms with Gasteiger partial charge in [-0.05, 0) is 47.4 Å². The van der Waals surface area contributed by atoms with E-state index in [4.69, 9.17) is 4.74 Å². The molecule has 6 nitrogen and oxygen atoms in total. The van der Waals surface area contributed by atoms with Crippen LogP contribution in [0.15, 0.2) is 73.1 Å². The fourth-order valence-corrected chi connectivity index (χ4v) is 3.93. The van der Waals surface area contributed by atoms with Gasteiger partial charge in [0.05, 0.1) is 6.61 Å². The first kappa shape index (κ1) is 22.5. The largest absolute Gasteiger partial charge is 0.493 e. The molecule has 33 heavy (non-hydrogen) atoms. The van der Waals surface area contributed by atoms with E-state index in [9.17, 15) is 14.0 Å². The number of pyridine rings is 1. The van der Waals surface area contributed by atoms with E-state index in [1.807, 2.05) is 36.4 Å². The Morgan fingerprint density at radius 3 is 2.61 bits per heavy atom. The fraction of sp³-hybridized carbons (Fsp3) is 0.269. The Hall–Kier alpha value is -3.74. The van der Waals surface area contributed by atoms with Gasteiger partial charge in [-0.2, -0.15) is 0 Å². The number of benzene rings is 2. The lowest BCUT2D eigenvalue weighted by molar-refractivity contribution is -0.143. The quantitative estimate of drug-likeness (QED) is 0.536. The highest BCUT2D eigenvalue weighted by Crippen LogP contribution is 2.21. The van der Waals surface area contributed by atoms with E-state index in [0.29, 0.717) is 38.3 Å². The van der Waals surface area contributed by atoms with Gasteiger partial charge in [-0.15, -0.1) is 0 Å². The number of hydrogen-bond donors (Lipinski definition) is 1. The third-order valence-electron chi connectivity index (χ3n) is 5.65. The van der Waals surface area contributed by atoms with Crippen LogP contribution in [0.4, 0.5) is 4.39 Å². The van der Waals surface area contributed by atoms with Crippen molar-refractivity contribution in [2.45, 2.75) is 25.3 Å². The number of ether oxygens (including phenoxy) is 1. The Bertz CT molecular complexity index is 1090. The highest BCUT2D eigenvalue weighted by atomic mass is 19.1. The van der Waals surface area contributed by atoms with Crippen molar-refractivity contribution in [2.24, 2.45) is 0 Å². The molecule has 2 heterocycles. The minimum Gasteiger partial charge on any atom is -0.493 e. The summed E-state index contributed by atoms with van der Waals surface area (Å²) in [5.41, 5.74) is 3.13. The molecule has 1 aromatic heterocycles. The van der Waals surface area contributed by atoms with Gasteiger partial charge in [0.25, 0.3) is 0 Å². The number of nitrogens with zero attached hydrogens (tertiary/aromatic N) is 2. The van der Waals surface area contributed by atoms with Crippen molar-refractivity contribution in [1.82, 2.24) is 15.2 Å². The van der Waals surface area contributed by atoms with Crippen molar-refractivity contribution in [3.05, 3.63) is 84.4 Å². The van der Waals surface area contributed by atoms with Gasteiger partial charge in [-0.1, -0.05) is 30.3 Å². The summed E-state index contributed by atoms with van der Waals surface area (Å²) >= 11 is 0. The summed E-state index contributed by atoms with van der Waals surface area (Å²) in [6, 6.07) is 17.3. The summed E-state index contributed by atoms with van der Waals surface area (Å²) in [5.74, 6) is -0.137. The molecule has 1 aliphatic heterocycles. The van der Waals surface area contributed by atoms with Crippen LogP contribution >= 0.6 is 0 Å². The fourth-order valence-electron chi connectivity index (χ4n) is 3.93. The Morgan fingerprint density at radius 1 is 1.09 bits per heavy atom. The van der Waals surface area contributed by atoms with Crippen LogP contribution in [-0.2, 0) is 16.0 Å². The maximum atomic E-state index is 13.2. The molecule has 7 heteroatoms. The Kier molecular flexibility index (Phi) is 7.29. The normalized spacial score (nSPS) is 15.7. The maximum absolute atomic E-state index is 13.2. The van der Waals surface area contributed by atoms with Crippen LogP contribution in [0.1, 0.15) is 18.4 Å². The molecule has 0 spiro atoms. The molecule has 0 radical (unpaired) electrons. The number of aromatic nitrogens is 1. The van der Waals surface area contributed by atoms with Crippen molar-refractivity contribution in [3.8, 4) is 16.9 Å². The molecule has 3 aromatic rings. The van der Waals surface area contributed by atoms with Gasteiger partial charge in [-0.25, -0.2) is 4.39 Å². The molecule has 1 fully saturated rings. The van der Waals surface area contributed by atoms with E-state index >= 15 is 0 Å². The van der Waals surface area contributed by atoms with Gasteiger partial charge in [-0.3, -0.25) is 14.6 Å². The van der Waals surface area contributed by atoms with Gasteiger partial charge in [0.2, 0.25) is 11.8 Å². The summed E-state index contributed by atoms with van der Waals surface area (Å²) in [5, 5.41) is 2.87. The summed E-state index contributed by atoms with van der Waals surface area (Å²) < 4.78 is 18.8. The second-order valence-electron chi connectivity index (χ2n) is 7.94. The van der Waals surface area contributed by atoms with Crippen LogP contribution in [0, 0.1) is 5.82 Å². The van der Waals surface area contributed by atoms with Crippen LogP contribution < -0.4 is 10.1 Å². The van der Waals surface area contributed by atoms with Gasteiger partial charge in [0, 0.05) is 44.4 Å². The molecule has 1 atom stereocenters. The zero-order chi connectivity index (χ0) is 23.0. The summed E-state index contributed by atoms with van der Waals surface area (Å²) in [6.45, 7) is 1.23. The molecular weight excluding hydrogens is 421 g/mol. The summed E-state index contributed by atoms with van der Waals surface area (Å²) in [7, 11) is 0. The topological polar surface area (TPSA) is 71.5 Å². The molecule has 0 aliphatic carbocycles.